The molecule has 0 aliphatic carbocycles. The van der Waals surface area contributed by atoms with Crippen molar-refractivity contribution >= 4 is 20.4 Å². The van der Waals surface area contributed by atoms with Crippen molar-refractivity contribution in [2.24, 2.45) is 0 Å². The van der Waals surface area contributed by atoms with Crippen LogP contribution in [0.2, 0.25) is 0 Å². The van der Waals surface area contributed by atoms with E-state index in [0.717, 1.165) is 12.2 Å². The van der Waals surface area contributed by atoms with E-state index in [9.17, 15) is 0 Å². The van der Waals surface area contributed by atoms with Crippen molar-refractivity contribution in [2.45, 2.75) is 39.0 Å². The lowest BCUT2D eigenvalue weighted by Gasteiger charge is -2.01. The number of rotatable bonds is 6. The van der Waals surface area contributed by atoms with Gasteiger partial charge in [-0.1, -0.05) is 39.0 Å². The summed E-state index contributed by atoms with van der Waals surface area (Å²) in [6.07, 6.45) is 6.38. The topological polar surface area (TPSA) is 23.9 Å². The van der Waals surface area contributed by atoms with E-state index in [-0.39, 0.29) is 0 Å². The van der Waals surface area contributed by atoms with Gasteiger partial charge in [0.2, 0.25) is 0 Å². The van der Waals surface area contributed by atoms with Crippen molar-refractivity contribution in [3.63, 3.8) is 0 Å². The zero-order valence-electron chi connectivity index (χ0n) is 6.56. The lowest BCUT2D eigenvalue weighted by atomic mass is 10.2. The Kier molecular flexibility index (Phi) is 7.75. The number of hydrogen-bond acceptors (Lipinski definition) is 3. The molecule has 0 spiro atoms. The van der Waals surface area contributed by atoms with Gasteiger partial charge in [-0.05, 0) is 0 Å². The summed E-state index contributed by atoms with van der Waals surface area (Å²) in [4.78, 5) is 0. The first-order chi connectivity index (χ1) is 4.77. The van der Waals surface area contributed by atoms with Gasteiger partial charge in [0.15, 0.2) is 0 Å². The van der Waals surface area contributed by atoms with Crippen molar-refractivity contribution < 1.29 is 0 Å². The summed E-state index contributed by atoms with van der Waals surface area (Å²) in [6, 6.07) is 0. The van der Waals surface area contributed by atoms with Crippen LogP contribution >= 0.6 is 0 Å². The Morgan fingerprint density at radius 2 is 1.80 bits per heavy atom. The Bertz CT molecular complexity index is 122. The second kappa shape index (κ2) is 7.48. The molecule has 3 heteroatoms. The second-order valence-corrected chi connectivity index (χ2v) is 4.77. The van der Waals surface area contributed by atoms with Gasteiger partial charge >= 0.3 is 0 Å². The molecule has 0 aromatic rings. The SMILES string of the molecule is CCCCCCC[S-](=N)=S. The zero-order chi connectivity index (χ0) is 7.82. The molecule has 0 atom stereocenters. The van der Waals surface area contributed by atoms with Crippen molar-refractivity contribution in [3.8, 4) is 0 Å². The molecule has 1 nitrogen and oxygen atoms in total. The van der Waals surface area contributed by atoms with Crippen molar-refractivity contribution in [3.05, 3.63) is 0 Å². The standard InChI is InChI=1S/C7H16NS2/c1-2-3-4-5-6-7-10(8)9/h8H,2-7H2,1H3/q-1. The molecule has 10 heavy (non-hydrogen) atoms. The van der Waals surface area contributed by atoms with Gasteiger partial charge < -0.3 is 14.0 Å². The van der Waals surface area contributed by atoms with Gasteiger partial charge in [0.1, 0.15) is 0 Å². The molecule has 0 heterocycles. The zero-order valence-corrected chi connectivity index (χ0v) is 8.19. The Labute approximate surface area is 70.4 Å². The van der Waals surface area contributed by atoms with Gasteiger partial charge in [-0.25, -0.2) is 0 Å². The smallest absolute Gasteiger partial charge is 0.0534 e. The van der Waals surface area contributed by atoms with Gasteiger partial charge in [0.25, 0.3) is 0 Å². The van der Waals surface area contributed by atoms with Gasteiger partial charge in [-0.15, -0.1) is 5.75 Å². The third kappa shape index (κ3) is 8.37. The maximum Gasteiger partial charge on any atom is -0.0534 e. The summed E-state index contributed by atoms with van der Waals surface area (Å²) in [5.41, 5.74) is 0. The fourth-order valence-corrected chi connectivity index (χ4v) is 1.66. The fourth-order valence-electron chi connectivity index (χ4n) is 0.837. The van der Waals surface area contributed by atoms with Gasteiger partial charge in [-0.2, -0.15) is 0 Å². The Hall–Kier alpha value is 0.370. The monoisotopic (exact) mass is 178 g/mol. The minimum absolute atomic E-state index is 0.488. The lowest BCUT2D eigenvalue weighted by molar-refractivity contribution is 0.659. The quantitative estimate of drug-likeness (QED) is 0.491. The molecule has 0 aromatic heterocycles. The van der Waals surface area contributed by atoms with Crippen LogP contribution in [0, 0.1) is 4.78 Å². The van der Waals surface area contributed by atoms with Crippen molar-refractivity contribution in [1.29, 1.82) is 4.78 Å². The molecule has 62 valence electrons. The Morgan fingerprint density at radius 3 is 2.30 bits per heavy atom. The predicted molar refractivity (Wildman–Crippen MR) is 51.1 cm³/mol. The molecule has 0 rings (SSSR count). The molecule has 0 unspecified atom stereocenters. The maximum atomic E-state index is 7.10. The summed E-state index contributed by atoms with van der Waals surface area (Å²) in [5, 5.41) is 0. The molecule has 0 saturated carbocycles. The molecular formula is C7H16NS2-. The first kappa shape index (κ1) is 10.4. The molecular weight excluding hydrogens is 162 g/mol. The highest BCUT2D eigenvalue weighted by molar-refractivity contribution is 8.22. The molecule has 0 aliphatic heterocycles. The lowest BCUT2D eigenvalue weighted by Crippen LogP contribution is -1.84. The van der Waals surface area contributed by atoms with Crippen LogP contribution in [-0.4, -0.2) is 5.75 Å². The highest BCUT2D eigenvalue weighted by Gasteiger charge is 1.83. The second-order valence-electron chi connectivity index (χ2n) is 2.46. The van der Waals surface area contributed by atoms with Crippen LogP contribution in [0.1, 0.15) is 39.0 Å². The maximum absolute atomic E-state index is 7.10. The molecule has 0 aliphatic rings. The fraction of sp³-hybridized carbons (Fsp3) is 1.00. The van der Waals surface area contributed by atoms with Crippen LogP contribution in [0.5, 0.6) is 0 Å². The Balaban J connectivity index is 2.91. The summed E-state index contributed by atoms with van der Waals surface area (Å²) < 4.78 is 7.10. The van der Waals surface area contributed by atoms with Crippen LogP contribution in [0.3, 0.4) is 0 Å². The first-order valence-electron chi connectivity index (χ1n) is 3.87. The number of hydrogen-bond donors (Lipinski definition) is 1. The average molecular weight is 178 g/mol. The van der Waals surface area contributed by atoms with E-state index in [1.165, 1.54) is 25.7 Å². The number of unbranched alkanes of at least 4 members (excludes halogenated alkanes) is 4. The van der Waals surface area contributed by atoms with Crippen molar-refractivity contribution in [2.75, 3.05) is 5.75 Å². The first-order valence-corrected chi connectivity index (χ1v) is 6.19. The van der Waals surface area contributed by atoms with Crippen LogP contribution in [0.15, 0.2) is 0 Å². The van der Waals surface area contributed by atoms with Gasteiger partial charge in [-0.3, -0.25) is 11.2 Å². The molecule has 1 N–H and O–H groups in total. The largest absolute Gasteiger partial charge is 0.441 e. The van der Waals surface area contributed by atoms with E-state index in [4.69, 9.17) is 16.0 Å². The van der Waals surface area contributed by atoms with Gasteiger partial charge in [0.05, 0.1) is 0 Å². The van der Waals surface area contributed by atoms with E-state index in [2.05, 4.69) is 6.92 Å². The number of nitrogens with one attached hydrogen (secondary N) is 1. The van der Waals surface area contributed by atoms with Crippen LogP contribution in [0.4, 0.5) is 0 Å². The van der Waals surface area contributed by atoms with E-state index >= 15 is 0 Å². The third-order valence-corrected chi connectivity index (χ3v) is 2.59. The van der Waals surface area contributed by atoms with E-state index in [0.29, 0.717) is 0 Å². The van der Waals surface area contributed by atoms with E-state index in [1.807, 2.05) is 0 Å². The van der Waals surface area contributed by atoms with Crippen LogP contribution < -0.4 is 0 Å². The van der Waals surface area contributed by atoms with Crippen LogP contribution in [-0.2, 0) is 20.4 Å². The summed E-state index contributed by atoms with van der Waals surface area (Å²) in [7, 11) is -0.488. The minimum Gasteiger partial charge on any atom is -0.441 e. The average Bonchev–Trinajstić information content (AvgIpc) is 1.87. The molecule has 0 aromatic carbocycles. The minimum atomic E-state index is -0.488. The molecule has 0 fully saturated rings. The van der Waals surface area contributed by atoms with Crippen LogP contribution in [0.25, 0.3) is 0 Å². The molecule has 0 amide bonds. The molecule has 0 bridgehead atoms. The van der Waals surface area contributed by atoms with E-state index < -0.39 is 9.25 Å². The predicted octanol–water partition coefficient (Wildman–Crippen LogP) is 2.80. The molecule has 0 saturated heterocycles. The normalized spacial score (nSPS) is 10.6. The molecule has 0 radical (unpaired) electrons. The summed E-state index contributed by atoms with van der Waals surface area (Å²) in [5.74, 6) is 0.930. The van der Waals surface area contributed by atoms with E-state index in [1.54, 1.807) is 0 Å². The summed E-state index contributed by atoms with van der Waals surface area (Å²) >= 11 is 4.75. The highest BCUT2D eigenvalue weighted by atomic mass is 32.8. The van der Waals surface area contributed by atoms with Crippen molar-refractivity contribution in [1.82, 2.24) is 0 Å². The Morgan fingerprint density at radius 1 is 1.20 bits per heavy atom. The highest BCUT2D eigenvalue weighted by Crippen LogP contribution is 2.01. The third-order valence-electron chi connectivity index (χ3n) is 1.43. The summed E-state index contributed by atoms with van der Waals surface area (Å²) in [6.45, 7) is 2.21. The van der Waals surface area contributed by atoms with Gasteiger partial charge in [0, 0.05) is 0 Å².